The Balaban J connectivity index is 1.37. The average Bonchev–Trinajstić information content (AvgIpc) is 3.56. The van der Waals surface area contributed by atoms with Crippen LogP contribution in [0.3, 0.4) is 0 Å². The lowest BCUT2D eigenvalue weighted by atomic mass is 9.89. The van der Waals surface area contributed by atoms with Crippen LogP contribution < -0.4 is 10.8 Å². The predicted octanol–water partition coefficient (Wildman–Crippen LogP) is 2.63. The second kappa shape index (κ2) is 7.79. The number of nitrogens with zero attached hydrogens (tertiary/aromatic N) is 2. The van der Waals surface area contributed by atoms with Crippen molar-refractivity contribution in [2.45, 2.75) is 63.8 Å². The maximum Gasteiger partial charge on any atom is 0.248 e. The van der Waals surface area contributed by atoms with Gasteiger partial charge in [0.1, 0.15) is 17.7 Å². The van der Waals surface area contributed by atoms with Crippen molar-refractivity contribution in [2.24, 2.45) is 22.7 Å². The first-order chi connectivity index (χ1) is 15.4. The van der Waals surface area contributed by atoms with Crippen LogP contribution in [0.1, 0.15) is 57.8 Å². The van der Waals surface area contributed by atoms with E-state index in [4.69, 9.17) is 5.21 Å². The van der Waals surface area contributed by atoms with Crippen molar-refractivity contribution < 1.29 is 24.0 Å². The van der Waals surface area contributed by atoms with E-state index in [2.05, 4.69) is 10.3 Å². The summed E-state index contributed by atoms with van der Waals surface area (Å²) in [5.41, 5.74) is 0.829. The lowest BCUT2D eigenvalue weighted by Gasteiger charge is -2.29. The monoisotopic (exact) mass is 444 g/mol. The molecule has 3 atom stereocenters. The molecule has 3 N–H and O–H groups in total. The Bertz CT molecular complexity index is 928. The van der Waals surface area contributed by atoms with Crippen LogP contribution in [0.4, 0.5) is 10.2 Å². The Kier molecular flexibility index (Phi) is 5.19. The van der Waals surface area contributed by atoms with Crippen molar-refractivity contribution in [1.82, 2.24) is 15.4 Å². The third-order valence-corrected chi connectivity index (χ3v) is 8.14. The number of hydrogen-bond acceptors (Lipinski definition) is 5. The minimum Gasteiger partial charge on any atom is -0.330 e. The topological polar surface area (TPSA) is 112 Å². The lowest BCUT2D eigenvalue weighted by Crippen LogP contribution is -2.48. The van der Waals surface area contributed by atoms with Gasteiger partial charge in [0.25, 0.3) is 0 Å². The van der Waals surface area contributed by atoms with E-state index in [0.29, 0.717) is 25.3 Å². The van der Waals surface area contributed by atoms with Crippen molar-refractivity contribution >= 4 is 23.5 Å². The second-order valence-corrected chi connectivity index (χ2v) is 10.2. The first-order valence-corrected chi connectivity index (χ1v) is 11.5. The van der Waals surface area contributed by atoms with E-state index in [1.54, 1.807) is 10.4 Å². The molecule has 1 aromatic heterocycles. The number of aromatic nitrogens is 1. The zero-order valence-electron chi connectivity index (χ0n) is 18.0. The van der Waals surface area contributed by atoms with E-state index in [0.717, 1.165) is 44.7 Å². The largest absolute Gasteiger partial charge is 0.330 e. The molecule has 32 heavy (non-hydrogen) atoms. The fourth-order valence-electron chi connectivity index (χ4n) is 6.15. The van der Waals surface area contributed by atoms with Gasteiger partial charge in [-0.15, -0.1) is 0 Å². The van der Waals surface area contributed by atoms with Crippen molar-refractivity contribution in [3.63, 3.8) is 0 Å². The van der Waals surface area contributed by atoms with Crippen LogP contribution in [-0.4, -0.2) is 45.4 Å². The molecule has 3 aliphatic carbocycles. The summed E-state index contributed by atoms with van der Waals surface area (Å²) in [5.74, 6) is -0.754. The average molecular weight is 445 g/mol. The lowest BCUT2D eigenvalue weighted by molar-refractivity contribution is -0.145. The molecule has 4 fully saturated rings. The number of halogens is 1. The summed E-state index contributed by atoms with van der Waals surface area (Å²) in [5, 5.41) is 11.8. The zero-order valence-corrected chi connectivity index (χ0v) is 18.0. The van der Waals surface area contributed by atoms with E-state index < -0.39 is 23.2 Å². The van der Waals surface area contributed by atoms with Gasteiger partial charge in [0.15, 0.2) is 0 Å². The van der Waals surface area contributed by atoms with Crippen LogP contribution in [0.5, 0.6) is 0 Å². The highest BCUT2D eigenvalue weighted by molar-refractivity contribution is 5.99. The first kappa shape index (κ1) is 21.3. The quantitative estimate of drug-likeness (QED) is 0.461. The Labute approximate surface area is 185 Å². The molecule has 0 bridgehead atoms. The molecule has 2 heterocycles. The first-order valence-electron chi connectivity index (χ1n) is 11.5. The minimum atomic E-state index is -0.838. The molecule has 4 aliphatic rings. The van der Waals surface area contributed by atoms with Gasteiger partial charge in [-0.2, -0.15) is 0 Å². The van der Waals surface area contributed by atoms with Crippen LogP contribution >= 0.6 is 0 Å². The second-order valence-electron chi connectivity index (χ2n) is 10.2. The number of anilines is 1. The number of carbonyl (C=O) groups excluding carboxylic acids is 3. The summed E-state index contributed by atoms with van der Waals surface area (Å²) in [4.78, 5) is 44.7. The van der Waals surface area contributed by atoms with Crippen LogP contribution in [0.25, 0.3) is 0 Å². The summed E-state index contributed by atoms with van der Waals surface area (Å²) in [7, 11) is 0. The van der Waals surface area contributed by atoms with Crippen LogP contribution in [0, 0.1) is 28.5 Å². The molecular weight excluding hydrogens is 415 g/mol. The standard InChI is InChI=1S/C23H29FN4O4/c24-15-5-6-18(25-12-15)26-20(30)17-10-22(7-8-22)13-28(17)21(31)23(11-19(29)27-32)9-16(23)14-3-1-2-4-14/h5-6,12,14,16-17,32H,1-4,7-11,13H2,(H,27,29)(H,25,26,30)/t16-,17-,23+/m0/s1. The van der Waals surface area contributed by atoms with E-state index >= 15 is 0 Å². The fraction of sp³-hybridized carbons (Fsp3) is 0.652. The number of nitrogens with one attached hydrogen (secondary N) is 2. The third-order valence-electron chi connectivity index (χ3n) is 8.14. The highest BCUT2D eigenvalue weighted by Crippen LogP contribution is 2.64. The summed E-state index contributed by atoms with van der Waals surface area (Å²) >= 11 is 0. The van der Waals surface area contributed by atoms with E-state index in [9.17, 15) is 18.8 Å². The smallest absolute Gasteiger partial charge is 0.248 e. The van der Waals surface area contributed by atoms with Gasteiger partial charge in [-0.3, -0.25) is 19.6 Å². The van der Waals surface area contributed by atoms with E-state index in [1.807, 2.05) is 0 Å². The fourth-order valence-corrected chi connectivity index (χ4v) is 6.15. The maximum absolute atomic E-state index is 13.9. The van der Waals surface area contributed by atoms with Gasteiger partial charge < -0.3 is 10.2 Å². The van der Waals surface area contributed by atoms with E-state index in [-0.39, 0.29) is 35.4 Å². The van der Waals surface area contributed by atoms with Crippen LogP contribution in [0.2, 0.25) is 0 Å². The number of amides is 3. The number of hydroxylamine groups is 1. The number of hydrogen-bond donors (Lipinski definition) is 3. The summed E-state index contributed by atoms with van der Waals surface area (Å²) in [6.45, 7) is 0.515. The summed E-state index contributed by atoms with van der Waals surface area (Å²) < 4.78 is 13.2. The molecule has 1 aromatic rings. The zero-order chi connectivity index (χ0) is 22.5. The Hall–Kier alpha value is -2.55. The molecule has 0 unspecified atom stereocenters. The Morgan fingerprint density at radius 2 is 1.94 bits per heavy atom. The van der Waals surface area contributed by atoms with Gasteiger partial charge in [-0.05, 0) is 55.1 Å². The molecule has 1 saturated heterocycles. The molecule has 5 rings (SSSR count). The molecule has 8 nitrogen and oxygen atoms in total. The SMILES string of the molecule is O=C(C[C@]1(C(=O)N2CC3(CC3)C[C@H]2C(=O)Nc2ccc(F)cn2)C[C@H]1C1CCCC1)NO. The molecule has 3 amide bonds. The number of rotatable bonds is 6. The molecule has 1 spiro atoms. The number of carbonyl (C=O) groups is 3. The maximum atomic E-state index is 13.9. The van der Waals surface area contributed by atoms with Crippen molar-refractivity contribution in [3.8, 4) is 0 Å². The normalized spacial score (nSPS) is 30.4. The van der Waals surface area contributed by atoms with Crippen LogP contribution in [0.15, 0.2) is 18.3 Å². The third kappa shape index (κ3) is 3.76. The van der Waals surface area contributed by atoms with Gasteiger partial charge in [0.05, 0.1) is 11.6 Å². The Morgan fingerprint density at radius 1 is 1.19 bits per heavy atom. The minimum absolute atomic E-state index is 0.0218. The summed E-state index contributed by atoms with van der Waals surface area (Å²) in [6, 6.07) is 1.98. The van der Waals surface area contributed by atoms with Crippen molar-refractivity contribution in [2.75, 3.05) is 11.9 Å². The van der Waals surface area contributed by atoms with Crippen molar-refractivity contribution in [3.05, 3.63) is 24.1 Å². The highest BCUT2D eigenvalue weighted by Gasteiger charge is 2.67. The van der Waals surface area contributed by atoms with Gasteiger partial charge in [0, 0.05) is 13.0 Å². The van der Waals surface area contributed by atoms with Gasteiger partial charge in [-0.25, -0.2) is 14.9 Å². The van der Waals surface area contributed by atoms with Gasteiger partial charge >= 0.3 is 0 Å². The molecule has 9 heteroatoms. The summed E-state index contributed by atoms with van der Waals surface area (Å²) in [6.07, 6.45) is 8.55. The molecule has 3 saturated carbocycles. The number of likely N-dealkylation sites (tertiary alicyclic amines) is 1. The molecule has 172 valence electrons. The molecular formula is C23H29FN4O4. The van der Waals surface area contributed by atoms with Crippen LogP contribution in [-0.2, 0) is 14.4 Å². The highest BCUT2D eigenvalue weighted by atomic mass is 19.1. The van der Waals surface area contributed by atoms with E-state index in [1.165, 1.54) is 12.1 Å². The van der Waals surface area contributed by atoms with Crippen molar-refractivity contribution in [1.29, 1.82) is 0 Å². The predicted molar refractivity (Wildman–Crippen MR) is 112 cm³/mol. The molecule has 0 radical (unpaired) electrons. The Morgan fingerprint density at radius 3 is 2.56 bits per heavy atom. The van der Waals surface area contributed by atoms with Gasteiger partial charge in [0.2, 0.25) is 17.7 Å². The molecule has 0 aromatic carbocycles. The molecule has 1 aliphatic heterocycles. The number of pyridine rings is 1. The van der Waals surface area contributed by atoms with Gasteiger partial charge in [-0.1, -0.05) is 25.7 Å².